The highest BCUT2D eigenvalue weighted by molar-refractivity contribution is 5.81. The van der Waals surface area contributed by atoms with Crippen LogP contribution in [0.3, 0.4) is 0 Å². The second kappa shape index (κ2) is 5.87. The third-order valence-electron chi connectivity index (χ3n) is 2.77. The molecule has 6 heteroatoms. The number of likely N-dealkylation sites (tertiary alicyclic amines) is 1. The van der Waals surface area contributed by atoms with Crippen LogP contribution in [0.5, 0.6) is 0 Å². The molecule has 1 aliphatic heterocycles. The minimum absolute atomic E-state index is 0.0461. The van der Waals surface area contributed by atoms with Crippen LogP contribution in [0.1, 0.15) is 12.8 Å². The van der Waals surface area contributed by atoms with E-state index in [1.807, 2.05) is 4.90 Å². The molecule has 0 aromatic heterocycles. The maximum atomic E-state index is 12.2. The first-order valence-corrected chi connectivity index (χ1v) is 5.10. The number of alkyl halides is 1. The molecule has 4 N–H and O–H groups in total. The number of aliphatic hydroxyl groups is 1. The molecule has 0 radical (unpaired) electrons. The summed E-state index contributed by atoms with van der Waals surface area (Å²) < 4.78 is 12.2. The lowest BCUT2D eigenvalue weighted by molar-refractivity contribution is 0.0255. The van der Waals surface area contributed by atoms with E-state index in [1.165, 1.54) is 0 Å². The van der Waals surface area contributed by atoms with E-state index >= 15 is 0 Å². The van der Waals surface area contributed by atoms with Gasteiger partial charge in [0.25, 0.3) is 0 Å². The molecule has 0 amide bonds. The van der Waals surface area contributed by atoms with E-state index in [2.05, 4.69) is 5.16 Å². The predicted molar refractivity (Wildman–Crippen MR) is 54.6 cm³/mol. The Hall–Kier alpha value is -0.880. The van der Waals surface area contributed by atoms with Crippen molar-refractivity contribution in [3.8, 4) is 0 Å². The molecule has 1 rings (SSSR count). The zero-order valence-corrected chi connectivity index (χ0v) is 8.64. The van der Waals surface area contributed by atoms with Crippen molar-refractivity contribution in [1.82, 2.24) is 4.90 Å². The molecule has 0 aromatic carbocycles. The van der Waals surface area contributed by atoms with Crippen LogP contribution in [0, 0.1) is 5.92 Å². The quantitative estimate of drug-likeness (QED) is 0.264. The summed E-state index contributed by atoms with van der Waals surface area (Å²) in [5.41, 5.74) is 5.38. The van der Waals surface area contributed by atoms with Crippen molar-refractivity contribution in [2.45, 2.75) is 18.9 Å². The minimum atomic E-state index is -0.427. The van der Waals surface area contributed by atoms with Crippen molar-refractivity contribution < 1.29 is 14.7 Å². The van der Waals surface area contributed by atoms with E-state index in [9.17, 15) is 9.50 Å². The topological polar surface area (TPSA) is 82.1 Å². The smallest absolute Gasteiger partial charge is 0.153 e. The first kappa shape index (κ1) is 12.2. The number of nitrogens with two attached hydrogens (primary N) is 1. The van der Waals surface area contributed by atoms with E-state index < -0.39 is 12.8 Å². The van der Waals surface area contributed by atoms with Crippen LogP contribution in [0.25, 0.3) is 0 Å². The Balaban J connectivity index is 2.42. The Morgan fingerprint density at radius 2 is 2.33 bits per heavy atom. The zero-order valence-electron chi connectivity index (χ0n) is 8.64. The Labute approximate surface area is 88.4 Å². The summed E-state index contributed by atoms with van der Waals surface area (Å²) in [6.07, 6.45) is 0.557. The Morgan fingerprint density at radius 3 is 2.93 bits per heavy atom. The maximum absolute atomic E-state index is 12.2. The van der Waals surface area contributed by atoms with Crippen molar-refractivity contribution in [2.24, 2.45) is 16.8 Å². The molecule has 0 unspecified atom stereocenters. The van der Waals surface area contributed by atoms with Crippen LogP contribution < -0.4 is 5.73 Å². The first-order chi connectivity index (χ1) is 7.17. The third kappa shape index (κ3) is 3.64. The SMILES string of the molecule is NC(CN1CC[C@@H](O)[C@@H](CCF)C1)=NO. The number of piperidine rings is 1. The zero-order chi connectivity index (χ0) is 11.3. The Bertz CT molecular complexity index is 225. The molecule has 0 aliphatic carbocycles. The van der Waals surface area contributed by atoms with Gasteiger partial charge in [-0.2, -0.15) is 0 Å². The van der Waals surface area contributed by atoms with Gasteiger partial charge in [-0.25, -0.2) is 0 Å². The molecule has 0 spiro atoms. The number of nitrogens with zero attached hydrogens (tertiary/aromatic N) is 2. The van der Waals surface area contributed by atoms with Crippen molar-refractivity contribution in [1.29, 1.82) is 0 Å². The number of hydrogen-bond acceptors (Lipinski definition) is 4. The van der Waals surface area contributed by atoms with Crippen LogP contribution >= 0.6 is 0 Å². The monoisotopic (exact) mass is 219 g/mol. The van der Waals surface area contributed by atoms with Gasteiger partial charge in [0, 0.05) is 19.0 Å². The van der Waals surface area contributed by atoms with Crippen LogP contribution in [-0.2, 0) is 0 Å². The van der Waals surface area contributed by atoms with Crippen LogP contribution in [0.2, 0.25) is 0 Å². The maximum Gasteiger partial charge on any atom is 0.153 e. The number of oxime groups is 1. The lowest BCUT2D eigenvalue weighted by atomic mass is 9.92. The van der Waals surface area contributed by atoms with Gasteiger partial charge in [0.2, 0.25) is 0 Å². The summed E-state index contributed by atoms with van der Waals surface area (Å²) >= 11 is 0. The van der Waals surface area contributed by atoms with Crippen LogP contribution in [0.4, 0.5) is 4.39 Å². The highest BCUT2D eigenvalue weighted by Crippen LogP contribution is 2.20. The van der Waals surface area contributed by atoms with Gasteiger partial charge in [0.15, 0.2) is 5.84 Å². The van der Waals surface area contributed by atoms with E-state index in [0.717, 1.165) is 0 Å². The minimum Gasteiger partial charge on any atom is -0.409 e. The lowest BCUT2D eigenvalue weighted by Gasteiger charge is -2.35. The number of rotatable bonds is 4. The van der Waals surface area contributed by atoms with Gasteiger partial charge in [0.1, 0.15) is 0 Å². The molecule has 0 saturated carbocycles. The molecule has 1 fully saturated rings. The van der Waals surface area contributed by atoms with Gasteiger partial charge < -0.3 is 16.0 Å². The second-order valence-electron chi connectivity index (χ2n) is 3.92. The predicted octanol–water partition coefficient (Wildman–Crippen LogP) is -0.225. The van der Waals surface area contributed by atoms with E-state index in [1.54, 1.807) is 0 Å². The summed E-state index contributed by atoms with van der Waals surface area (Å²) in [6.45, 7) is 1.24. The van der Waals surface area contributed by atoms with Gasteiger partial charge in [-0.1, -0.05) is 5.16 Å². The van der Waals surface area contributed by atoms with E-state index in [0.29, 0.717) is 32.5 Å². The highest BCUT2D eigenvalue weighted by Gasteiger charge is 2.27. The lowest BCUT2D eigenvalue weighted by Crippen LogP contribution is -2.46. The molecule has 15 heavy (non-hydrogen) atoms. The van der Waals surface area contributed by atoms with Gasteiger partial charge in [-0.05, 0) is 12.8 Å². The third-order valence-corrected chi connectivity index (χ3v) is 2.77. The van der Waals surface area contributed by atoms with Gasteiger partial charge in [-0.15, -0.1) is 0 Å². The number of amidine groups is 1. The van der Waals surface area contributed by atoms with Gasteiger partial charge in [0.05, 0.1) is 19.3 Å². The largest absolute Gasteiger partial charge is 0.409 e. The fraction of sp³-hybridized carbons (Fsp3) is 0.889. The fourth-order valence-electron chi connectivity index (χ4n) is 1.92. The van der Waals surface area contributed by atoms with E-state index in [4.69, 9.17) is 10.9 Å². The van der Waals surface area contributed by atoms with Crippen molar-refractivity contribution in [3.63, 3.8) is 0 Å². The summed E-state index contributed by atoms with van der Waals surface area (Å²) in [6, 6.07) is 0. The molecule has 5 nitrogen and oxygen atoms in total. The Morgan fingerprint density at radius 1 is 1.60 bits per heavy atom. The fourth-order valence-corrected chi connectivity index (χ4v) is 1.92. The van der Waals surface area contributed by atoms with Gasteiger partial charge in [-0.3, -0.25) is 9.29 Å². The normalized spacial score (nSPS) is 29.3. The van der Waals surface area contributed by atoms with E-state index in [-0.39, 0.29) is 11.8 Å². The molecule has 1 aliphatic rings. The number of aliphatic hydroxyl groups excluding tert-OH is 1. The van der Waals surface area contributed by atoms with Crippen molar-refractivity contribution in [2.75, 3.05) is 26.3 Å². The Kier molecular flexibility index (Phi) is 4.77. The molecule has 0 aromatic rings. The van der Waals surface area contributed by atoms with Crippen molar-refractivity contribution >= 4 is 5.84 Å². The molecule has 88 valence electrons. The average molecular weight is 219 g/mol. The summed E-state index contributed by atoms with van der Waals surface area (Å²) in [5, 5.41) is 20.9. The second-order valence-corrected chi connectivity index (χ2v) is 3.92. The van der Waals surface area contributed by atoms with Crippen LogP contribution in [0.15, 0.2) is 5.16 Å². The highest BCUT2D eigenvalue weighted by atomic mass is 19.1. The molecule has 2 atom stereocenters. The molecular weight excluding hydrogens is 201 g/mol. The summed E-state index contributed by atoms with van der Waals surface area (Å²) in [4.78, 5) is 1.96. The van der Waals surface area contributed by atoms with Crippen molar-refractivity contribution in [3.05, 3.63) is 0 Å². The summed E-state index contributed by atoms with van der Waals surface area (Å²) in [5.74, 6) is 0.0978. The molecular formula is C9H18FN3O2. The first-order valence-electron chi connectivity index (χ1n) is 5.10. The van der Waals surface area contributed by atoms with Crippen LogP contribution in [-0.4, -0.2) is 53.5 Å². The molecule has 0 bridgehead atoms. The molecule has 1 heterocycles. The molecule has 1 saturated heterocycles. The number of hydrogen-bond donors (Lipinski definition) is 3. The number of halogens is 1. The standard InChI is InChI=1S/C9H18FN3O2/c10-3-1-7-5-13(4-2-8(7)14)6-9(11)12-15/h7-8,14-15H,1-6H2,(H2,11,12)/t7-,8+/m0/s1. The average Bonchev–Trinajstić information content (AvgIpc) is 2.23. The van der Waals surface area contributed by atoms with Gasteiger partial charge >= 0.3 is 0 Å². The summed E-state index contributed by atoms with van der Waals surface area (Å²) in [7, 11) is 0.